The van der Waals surface area contributed by atoms with Gasteiger partial charge in [-0.05, 0) is 17.9 Å². The van der Waals surface area contributed by atoms with Crippen molar-refractivity contribution in [2.24, 2.45) is 0 Å². The normalized spacial score (nSPS) is 11.0. The Kier molecular flexibility index (Phi) is 2.46. The molecule has 0 spiro atoms. The number of aryl methyl sites for hydroxylation is 1. The fourth-order valence-corrected chi connectivity index (χ4v) is 1.62. The molecule has 5 heteroatoms. The Morgan fingerprint density at radius 2 is 2.36 bits per heavy atom. The second-order valence-corrected chi connectivity index (χ2v) is 3.54. The zero-order valence-corrected chi connectivity index (χ0v) is 8.62. The van der Waals surface area contributed by atoms with E-state index in [1.165, 1.54) is 4.52 Å². The molecule has 14 heavy (non-hydrogen) atoms. The van der Waals surface area contributed by atoms with Gasteiger partial charge in [-0.25, -0.2) is 9.50 Å². The van der Waals surface area contributed by atoms with E-state index in [2.05, 4.69) is 17.0 Å². The van der Waals surface area contributed by atoms with Crippen molar-refractivity contribution in [1.82, 2.24) is 14.6 Å². The molecule has 2 rings (SSSR count). The Balaban J connectivity index is 2.63. The molecule has 0 bridgehead atoms. The molecule has 0 atom stereocenters. The summed E-state index contributed by atoms with van der Waals surface area (Å²) in [5.41, 5.74) is 2.16. The predicted octanol–water partition coefficient (Wildman–Crippen LogP) is 1.13. The summed E-state index contributed by atoms with van der Waals surface area (Å²) in [4.78, 5) is 4.38. The largest absolute Gasteiger partial charge is 0.234 e. The van der Waals surface area contributed by atoms with Crippen LogP contribution in [0.2, 0.25) is 5.15 Å². The van der Waals surface area contributed by atoms with Crippen LogP contribution in [0.15, 0.2) is 12.3 Å². The van der Waals surface area contributed by atoms with Crippen LogP contribution in [0.5, 0.6) is 0 Å². The molecule has 3 nitrogen and oxygen atoms in total. The molecule has 2 aromatic rings. The zero-order chi connectivity index (χ0) is 10.1. The number of hydrogen-bond acceptors (Lipinski definition) is 2. The summed E-state index contributed by atoms with van der Waals surface area (Å²) in [7, 11) is 5.71. The molecule has 0 aromatic carbocycles. The van der Waals surface area contributed by atoms with Crippen molar-refractivity contribution in [2.45, 2.75) is 19.8 Å². The van der Waals surface area contributed by atoms with Gasteiger partial charge in [-0.15, -0.1) is 0 Å². The second kappa shape index (κ2) is 3.61. The molecule has 2 radical (unpaired) electrons. The minimum Gasteiger partial charge on any atom is -0.234 e. The Bertz CT molecular complexity index is 466. The molecular formula is C9H9BClN3. The van der Waals surface area contributed by atoms with E-state index in [1.807, 2.05) is 6.07 Å². The highest BCUT2D eigenvalue weighted by molar-refractivity contribution is 6.36. The number of nitrogens with zero attached hydrogens (tertiary/aromatic N) is 3. The van der Waals surface area contributed by atoms with Crippen LogP contribution in [0.25, 0.3) is 5.65 Å². The molecule has 70 valence electrons. The van der Waals surface area contributed by atoms with Gasteiger partial charge < -0.3 is 0 Å². The lowest BCUT2D eigenvalue weighted by Crippen LogP contribution is -2.05. The first-order valence-electron chi connectivity index (χ1n) is 4.51. The van der Waals surface area contributed by atoms with Gasteiger partial charge in [0.25, 0.3) is 0 Å². The van der Waals surface area contributed by atoms with E-state index in [4.69, 9.17) is 19.4 Å². The first-order valence-corrected chi connectivity index (χ1v) is 4.88. The number of aromatic nitrogens is 3. The molecule has 0 amide bonds. The highest BCUT2D eigenvalue weighted by Crippen LogP contribution is 2.12. The average molecular weight is 205 g/mol. The molecule has 0 aliphatic carbocycles. The molecule has 0 saturated carbocycles. The molecule has 0 aliphatic heterocycles. The monoisotopic (exact) mass is 205 g/mol. The van der Waals surface area contributed by atoms with Gasteiger partial charge in [0.15, 0.2) is 0 Å². The van der Waals surface area contributed by atoms with Crippen molar-refractivity contribution in [1.29, 1.82) is 0 Å². The molecule has 0 fully saturated rings. The van der Waals surface area contributed by atoms with E-state index in [9.17, 15) is 0 Å². The topological polar surface area (TPSA) is 30.2 Å². The van der Waals surface area contributed by atoms with Gasteiger partial charge >= 0.3 is 0 Å². The van der Waals surface area contributed by atoms with Gasteiger partial charge in [-0.1, -0.05) is 24.9 Å². The summed E-state index contributed by atoms with van der Waals surface area (Å²) in [6, 6.07) is 1.82. The third-order valence-corrected chi connectivity index (χ3v) is 2.28. The number of hydrogen-bond donors (Lipinski definition) is 0. The van der Waals surface area contributed by atoms with Crippen LogP contribution >= 0.6 is 11.6 Å². The van der Waals surface area contributed by atoms with E-state index in [-0.39, 0.29) is 0 Å². The van der Waals surface area contributed by atoms with Gasteiger partial charge in [-0.3, -0.25) is 0 Å². The van der Waals surface area contributed by atoms with E-state index in [0.29, 0.717) is 16.3 Å². The Labute approximate surface area is 88.5 Å². The quantitative estimate of drug-likeness (QED) is 0.543. The SMILES string of the molecule is [B]c1cnn2c(Cl)cc(CCC)nc12. The minimum atomic E-state index is 0.551. The van der Waals surface area contributed by atoms with Gasteiger partial charge in [0, 0.05) is 11.9 Å². The van der Waals surface area contributed by atoms with Crippen molar-refractivity contribution in [2.75, 3.05) is 0 Å². The molecule has 0 aliphatic rings. The van der Waals surface area contributed by atoms with Crippen LogP contribution in [-0.4, -0.2) is 22.4 Å². The van der Waals surface area contributed by atoms with Gasteiger partial charge in [0.2, 0.25) is 0 Å². The number of halogens is 1. The number of fused-ring (bicyclic) bond motifs is 1. The van der Waals surface area contributed by atoms with Crippen molar-refractivity contribution in [3.63, 3.8) is 0 Å². The average Bonchev–Trinajstić information content (AvgIpc) is 2.49. The molecule has 0 N–H and O–H groups in total. The second-order valence-electron chi connectivity index (χ2n) is 3.16. The molecule has 0 saturated heterocycles. The van der Waals surface area contributed by atoms with Gasteiger partial charge in [0.1, 0.15) is 18.6 Å². The fourth-order valence-electron chi connectivity index (χ4n) is 1.37. The lowest BCUT2D eigenvalue weighted by Gasteiger charge is -2.02. The Morgan fingerprint density at radius 3 is 3.07 bits per heavy atom. The van der Waals surface area contributed by atoms with Gasteiger partial charge in [0.05, 0.1) is 0 Å². The molecule has 0 unspecified atom stereocenters. The highest BCUT2D eigenvalue weighted by atomic mass is 35.5. The maximum absolute atomic E-state index is 6.02. The van der Waals surface area contributed by atoms with Crippen molar-refractivity contribution in [3.05, 3.63) is 23.1 Å². The Hall–Kier alpha value is -1.03. The van der Waals surface area contributed by atoms with Crippen LogP contribution in [0.3, 0.4) is 0 Å². The summed E-state index contributed by atoms with van der Waals surface area (Å²) < 4.78 is 1.54. The van der Waals surface area contributed by atoms with Gasteiger partial charge in [-0.2, -0.15) is 5.10 Å². The third-order valence-electron chi connectivity index (χ3n) is 2.01. The fraction of sp³-hybridized carbons (Fsp3) is 0.333. The van der Waals surface area contributed by atoms with Crippen LogP contribution in [0.1, 0.15) is 19.0 Å². The molecular weight excluding hydrogens is 196 g/mol. The van der Waals surface area contributed by atoms with Crippen molar-refractivity contribution in [3.8, 4) is 0 Å². The van der Waals surface area contributed by atoms with Crippen LogP contribution < -0.4 is 5.46 Å². The summed E-state index contributed by atoms with van der Waals surface area (Å²) >= 11 is 6.02. The summed E-state index contributed by atoms with van der Waals surface area (Å²) in [5.74, 6) is 0. The lowest BCUT2D eigenvalue weighted by atomic mass is 10.0. The first-order chi connectivity index (χ1) is 6.72. The van der Waals surface area contributed by atoms with E-state index in [1.54, 1.807) is 6.20 Å². The summed E-state index contributed by atoms with van der Waals surface area (Å²) in [6.45, 7) is 2.10. The number of rotatable bonds is 2. The highest BCUT2D eigenvalue weighted by Gasteiger charge is 2.06. The van der Waals surface area contributed by atoms with Crippen LogP contribution in [-0.2, 0) is 6.42 Å². The zero-order valence-electron chi connectivity index (χ0n) is 7.87. The van der Waals surface area contributed by atoms with E-state index in [0.717, 1.165) is 18.5 Å². The Morgan fingerprint density at radius 1 is 1.57 bits per heavy atom. The standard InChI is InChI=1S/C9H9BClN3/c1-2-3-6-4-8(11)14-9(13-6)7(10)5-12-14/h4-5H,2-3H2,1H3. The summed E-state index contributed by atoms with van der Waals surface area (Å²) in [5, 5.41) is 4.57. The maximum Gasteiger partial charge on any atom is 0.149 e. The molecule has 2 aromatic heterocycles. The van der Waals surface area contributed by atoms with Crippen molar-refractivity contribution < 1.29 is 0 Å². The first kappa shape index (κ1) is 9.53. The minimum absolute atomic E-state index is 0.551. The summed E-state index contributed by atoms with van der Waals surface area (Å²) in [6.07, 6.45) is 3.50. The predicted molar refractivity (Wildman–Crippen MR) is 57.4 cm³/mol. The lowest BCUT2D eigenvalue weighted by molar-refractivity contribution is 0.859. The van der Waals surface area contributed by atoms with E-state index < -0.39 is 0 Å². The van der Waals surface area contributed by atoms with E-state index >= 15 is 0 Å². The maximum atomic E-state index is 6.02. The molecule has 2 heterocycles. The van der Waals surface area contributed by atoms with Crippen molar-refractivity contribution >= 4 is 30.6 Å². The smallest absolute Gasteiger partial charge is 0.149 e. The van der Waals surface area contributed by atoms with Crippen LogP contribution in [0.4, 0.5) is 0 Å². The third kappa shape index (κ3) is 1.50. The van der Waals surface area contributed by atoms with Crippen LogP contribution in [0, 0.1) is 0 Å².